The molecule has 0 aliphatic rings. The van der Waals surface area contributed by atoms with E-state index in [0.717, 1.165) is 9.13 Å². The van der Waals surface area contributed by atoms with Crippen LogP contribution < -0.4 is 10.2 Å². The van der Waals surface area contributed by atoms with Crippen LogP contribution in [0.3, 0.4) is 0 Å². The van der Waals surface area contributed by atoms with E-state index in [2.05, 4.69) is 33.1 Å². The number of ether oxygens (including phenoxy) is 1. The first-order chi connectivity index (χ1) is 9.72. The lowest BCUT2D eigenvalue weighted by Crippen LogP contribution is -2.18. The van der Waals surface area contributed by atoms with Gasteiger partial charge in [-0.25, -0.2) is 5.43 Å². The van der Waals surface area contributed by atoms with Gasteiger partial charge in [-0.3, -0.25) is 4.79 Å². The summed E-state index contributed by atoms with van der Waals surface area (Å²) in [5.74, 6) is 0.473. The van der Waals surface area contributed by atoms with Gasteiger partial charge in [-0.1, -0.05) is 24.3 Å². The zero-order chi connectivity index (χ0) is 14.4. The Bertz CT molecular complexity index is 641. The van der Waals surface area contributed by atoms with Crippen molar-refractivity contribution in [3.05, 3.63) is 63.2 Å². The molecule has 0 aliphatic carbocycles. The van der Waals surface area contributed by atoms with Crippen molar-refractivity contribution in [1.82, 2.24) is 5.43 Å². The Morgan fingerprint density at radius 2 is 1.90 bits per heavy atom. The molecule has 2 aromatic rings. The molecule has 20 heavy (non-hydrogen) atoms. The first-order valence-corrected chi connectivity index (χ1v) is 7.01. The summed E-state index contributed by atoms with van der Waals surface area (Å²) >= 11 is 2.12. The van der Waals surface area contributed by atoms with Crippen molar-refractivity contribution in [3.63, 3.8) is 0 Å². The molecule has 0 fully saturated rings. The number of nitrogens with one attached hydrogen (secondary N) is 1. The fraction of sp³-hybridized carbons (Fsp3) is 0.0667. The third-order valence-corrected chi connectivity index (χ3v) is 3.57. The van der Waals surface area contributed by atoms with Crippen LogP contribution in [0.1, 0.15) is 15.9 Å². The van der Waals surface area contributed by atoms with Crippen molar-refractivity contribution in [2.75, 3.05) is 7.11 Å². The standard InChI is InChI=1S/C15H13IN2O2/c1-20-14-9-5-2-6-11(14)10-17-18-15(19)12-7-3-4-8-13(12)16/h2-10H,1H3,(H,18,19)/b17-10+. The molecule has 2 rings (SSSR count). The largest absolute Gasteiger partial charge is 0.496 e. The first-order valence-electron chi connectivity index (χ1n) is 5.93. The summed E-state index contributed by atoms with van der Waals surface area (Å²) in [4.78, 5) is 11.9. The molecule has 0 aliphatic heterocycles. The van der Waals surface area contributed by atoms with E-state index >= 15 is 0 Å². The lowest BCUT2D eigenvalue weighted by Gasteiger charge is -2.04. The second-order valence-corrected chi connectivity index (χ2v) is 5.08. The number of amides is 1. The molecule has 0 saturated carbocycles. The SMILES string of the molecule is COc1ccccc1/C=N/NC(=O)c1ccccc1I. The molecule has 102 valence electrons. The zero-order valence-corrected chi connectivity index (χ0v) is 13.0. The Morgan fingerprint density at radius 3 is 2.65 bits per heavy atom. The smallest absolute Gasteiger partial charge is 0.272 e. The van der Waals surface area contributed by atoms with E-state index in [1.54, 1.807) is 19.4 Å². The molecule has 0 atom stereocenters. The molecule has 2 aromatic carbocycles. The first kappa shape index (κ1) is 14.5. The van der Waals surface area contributed by atoms with Crippen LogP contribution in [0.25, 0.3) is 0 Å². The molecule has 0 bridgehead atoms. The molecular weight excluding hydrogens is 367 g/mol. The van der Waals surface area contributed by atoms with Gasteiger partial charge in [0.05, 0.1) is 18.9 Å². The topological polar surface area (TPSA) is 50.7 Å². The maximum atomic E-state index is 11.9. The Hall–Kier alpha value is -1.89. The summed E-state index contributed by atoms with van der Waals surface area (Å²) < 4.78 is 6.09. The number of nitrogens with zero attached hydrogens (tertiary/aromatic N) is 1. The molecule has 0 aromatic heterocycles. The van der Waals surface area contributed by atoms with E-state index in [-0.39, 0.29) is 5.91 Å². The number of rotatable bonds is 4. The highest BCUT2D eigenvalue weighted by Crippen LogP contribution is 2.14. The van der Waals surface area contributed by atoms with Crippen molar-refractivity contribution < 1.29 is 9.53 Å². The Labute approximate surface area is 131 Å². The molecule has 0 radical (unpaired) electrons. The molecular formula is C15H13IN2O2. The monoisotopic (exact) mass is 380 g/mol. The second-order valence-electron chi connectivity index (χ2n) is 3.92. The van der Waals surface area contributed by atoms with E-state index < -0.39 is 0 Å². The quantitative estimate of drug-likeness (QED) is 0.504. The minimum atomic E-state index is -0.235. The highest BCUT2D eigenvalue weighted by molar-refractivity contribution is 14.1. The van der Waals surface area contributed by atoms with E-state index in [4.69, 9.17) is 4.74 Å². The molecule has 1 N–H and O–H groups in total. The van der Waals surface area contributed by atoms with Gasteiger partial charge in [0.1, 0.15) is 5.75 Å². The van der Waals surface area contributed by atoms with Crippen LogP contribution in [0.15, 0.2) is 53.6 Å². The molecule has 0 saturated heterocycles. The summed E-state index contributed by atoms with van der Waals surface area (Å²) in [5.41, 5.74) is 3.92. The predicted octanol–water partition coefficient (Wildman–Crippen LogP) is 3.06. The summed E-state index contributed by atoms with van der Waals surface area (Å²) in [6.45, 7) is 0. The Morgan fingerprint density at radius 1 is 1.20 bits per heavy atom. The van der Waals surface area contributed by atoms with Gasteiger partial charge < -0.3 is 4.74 Å². The van der Waals surface area contributed by atoms with Crippen LogP contribution in [0.4, 0.5) is 0 Å². The number of carbonyl (C=O) groups is 1. The minimum Gasteiger partial charge on any atom is -0.496 e. The van der Waals surface area contributed by atoms with Crippen molar-refractivity contribution in [3.8, 4) is 5.75 Å². The lowest BCUT2D eigenvalue weighted by atomic mass is 10.2. The van der Waals surface area contributed by atoms with Crippen molar-refractivity contribution in [1.29, 1.82) is 0 Å². The third kappa shape index (κ3) is 3.57. The van der Waals surface area contributed by atoms with Gasteiger partial charge in [-0.05, 0) is 46.9 Å². The molecule has 1 amide bonds. The van der Waals surface area contributed by atoms with Gasteiger partial charge in [0.25, 0.3) is 5.91 Å². The van der Waals surface area contributed by atoms with E-state index in [1.807, 2.05) is 42.5 Å². The normalized spacial score (nSPS) is 10.5. The van der Waals surface area contributed by atoms with Crippen LogP contribution in [-0.4, -0.2) is 19.2 Å². The van der Waals surface area contributed by atoms with Gasteiger partial charge in [0.15, 0.2) is 0 Å². The van der Waals surface area contributed by atoms with E-state index in [9.17, 15) is 4.79 Å². The summed E-state index contributed by atoms with van der Waals surface area (Å²) in [5, 5.41) is 3.96. The van der Waals surface area contributed by atoms with Gasteiger partial charge in [-0.2, -0.15) is 5.10 Å². The molecule has 0 unspecified atom stereocenters. The van der Waals surface area contributed by atoms with Crippen LogP contribution in [0, 0.1) is 3.57 Å². The minimum absolute atomic E-state index is 0.235. The van der Waals surface area contributed by atoms with Crippen molar-refractivity contribution in [2.45, 2.75) is 0 Å². The van der Waals surface area contributed by atoms with Crippen LogP contribution in [-0.2, 0) is 0 Å². The zero-order valence-electron chi connectivity index (χ0n) is 10.8. The molecule has 0 heterocycles. The number of carbonyl (C=O) groups excluding carboxylic acids is 1. The number of hydrogen-bond acceptors (Lipinski definition) is 3. The van der Waals surface area contributed by atoms with Crippen LogP contribution in [0.2, 0.25) is 0 Å². The predicted molar refractivity (Wildman–Crippen MR) is 87.2 cm³/mol. The third-order valence-electron chi connectivity index (χ3n) is 2.63. The second kappa shape index (κ2) is 7.04. The number of hydrazone groups is 1. The van der Waals surface area contributed by atoms with Gasteiger partial charge in [0.2, 0.25) is 0 Å². The van der Waals surface area contributed by atoms with E-state index in [1.165, 1.54) is 0 Å². The number of hydrogen-bond donors (Lipinski definition) is 1. The van der Waals surface area contributed by atoms with Crippen LogP contribution in [0.5, 0.6) is 5.75 Å². The van der Waals surface area contributed by atoms with Gasteiger partial charge in [0, 0.05) is 9.13 Å². The number of methoxy groups -OCH3 is 1. The summed E-state index contributed by atoms with van der Waals surface area (Å²) in [6.07, 6.45) is 1.56. The Kier molecular flexibility index (Phi) is 5.11. The van der Waals surface area contributed by atoms with E-state index in [0.29, 0.717) is 11.3 Å². The fourth-order valence-corrected chi connectivity index (χ4v) is 2.27. The average Bonchev–Trinajstić information content (AvgIpc) is 2.48. The number of halogens is 1. The Balaban J connectivity index is 2.07. The molecule has 0 spiro atoms. The highest BCUT2D eigenvalue weighted by Gasteiger charge is 2.07. The maximum Gasteiger partial charge on any atom is 0.272 e. The number of para-hydroxylation sites is 1. The number of benzene rings is 2. The lowest BCUT2D eigenvalue weighted by molar-refractivity contribution is 0.0954. The molecule has 5 heteroatoms. The average molecular weight is 380 g/mol. The fourth-order valence-electron chi connectivity index (χ4n) is 1.64. The maximum absolute atomic E-state index is 11.9. The van der Waals surface area contributed by atoms with Crippen molar-refractivity contribution in [2.24, 2.45) is 5.10 Å². The highest BCUT2D eigenvalue weighted by atomic mass is 127. The van der Waals surface area contributed by atoms with Gasteiger partial charge >= 0.3 is 0 Å². The van der Waals surface area contributed by atoms with Gasteiger partial charge in [-0.15, -0.1) is 0 Å². The summed E-state index contributed by atoms with van der Waals surface area (Å²) in [6, 6.07) is 14.8. The van der Waals surface area contributed by atoms with Crippen molar-refractivity contribution >= 4 is 34.7 Å². The molecule has 4 nitrogen and oxygen atoms in total. The summed E-state index contributed by atoms with van der Waals surface area (Å²) in [7, 11) is 1.59. The van der Waals surface area contributed by atoms with Crippen LogP contribution >= 0.6 is 22.6 Å².